The molecule has 1 fully saturated rings. The van der Waals surface area contributed by atoms with Gasteiger partial charge in [-0.25, -0.2) is 0 Å². The predicted octanol–water partition coefficient (Wildman–Crippen LogP) is 1.60. The number of morpholine rings is 1. The molecule has 1 aromatic rings. The molecule has 2 aliphatic heterocycles. The maximum Gasteiger partial charge on any atom is 0.193 e. The monoisotopic (exact) mass is 322 g/mol. The molecule has 1 N–H and O–H groups in total. The molecule has 0 spiro atoms. The van der Waals surface area contributed by atoms with Crippen molar-refractivity contribution in [2.75, 3.05) is 53.0 Å². The van der Waals surface area contributed by atoms with Gasteiger partial charge >= 0.3 is 0 Å². The first-order valence-corrected chi connectivity index (χ1v) is 8.19. The molecule has 1 saturated heterocycles. The highest BCUT2D eigenvalue weighted by molar-refractivity contribution is 6.31. The average Bonchev–Trinajstić information content (AvgIpc) is 2.95. The summed E-state index contributed by atoms with van der Waals surface area (Å²) in [6.07, 6.45) is 0. The molecule has 2 aliphatic rings. The zero-order valence-corrected chi connectivity index (χ0v) is 13.7. The van der Waals surface area contributed by atoms with Crippen molar-refractivity contribution in [3.63, 3.8) is 0 Å². The van der Waals surface area contributed by atoms with Crippen LogP contribution in [0.3, 0.4) is 0 Å². The summed E-state index contributed by atoms with van der Waals surface area (Å²) in [4.78, 5) is 9.10. The molecule has 3 rings (SSSR count). The summed E-state index contributed by atoms with van der Waals surface area (Å²) in [5.74, 6) is 0.977. The second kappa shape index (κ2) is 7.31. The summed E-state index contributed by atoms with van der Waals surface area (Å²) in [5, 5.41) is 4.31. The van der Waals surface area contributed by atoms with Gasteiger partial charge < -0.3 is 15.0 Å². The first-order chi connectivity index (χ1) is 10.8. The molecule has 0 amide bonds. The van der Waals surface area contributed by atoms with E-state index in [0.29, 0.717) is 0 Å². The number of rotatable bonds is 4. The second-order valence-electron chi connectivity index (χ2n) is 5.69. The van der Waals surface area contributed by atoms with Crippen LogP contribution in [0.5, 0.6) is 0 Å². The van der Waals surface area contributed by atoms with Crippen LogP contribution in [0.2, 0.25) is 5.02 Å². The van der Waals surface area contributed by atoms with E-state index in [9.17, 15) is 0 Å². The van der Waals surface area contributed by atoms with Crippen molar-refractivity contribution in [3.8, 4) is 0 Å². The Morgan fingerprint density at radius 3 is 2.73 bits per heavy atom. The van der Waals surface area contributed by atoms with Crippen molar-refractivity contribution < 1.29 is 4.74 Å². The van der Waals surface area contributed by atoms with E-state index in [-0.39, 0.29) is 6.04 Å². The van der Waals surface area contributed by atoms with Gasteiger partial charge in [0.25, 0.3) is 0 Å². The highest BCUT2D eigenvalue weighted by atomic mass is 35.5. The topological polar surface area (TPSA) is 40.1 Å². The third-order valence-electron chi connectivity index (χ3n) is 4.26. The minimum Gasteiger partial charge on any atom is -0.379 e. The van der Waals surface area contributed by atoms with Crippen molar-refractivity contribution in [1.29, 1.82) is 0 Å². The van der Waals surface area contributed by atoms with Crippen molar-refractivity contribution in [2.24, 2.45) is 4.99 Å². The molecule has 120 valence electrons. The van der Waals surface area contributed by atoms with Gasteiger partial charge in [0.15, 0.2) is 5.96 Å². The summed E-state index contributed by atoms with van der Waals surface area (Å²) in [7, 11) is 2.07. The van der Waals surface area contributed by atoms with Crippen LogP contribution in [-0.2, 0) is 4.74 Å². The van der Waals surface area contributed by atoms with Crippen LogP contribution < -0.4 is 5.32 Å². The molecule has 6 heteroatoms. The maximum atomic E-state index is 6.44. The summed E-state index contributed by atoms with van der Waals surface area (Å²) in [5.41, 5.74) is 1.17. The Labute approximate surface area is 136 Å². The van der Waals surface area contributed by atoms with Crippen molar-refractivity contribution in [2.45, 2.75) is 6.04 Å². The fraction of sp³-hybridized carbons (Fsp3) is 0.562. The minimum atomic E-state index is 0.231. The van der Waals surface area contributed by atoms with E-state index < -0.39 is 0 Å². The Hall–Kier alpha value is -1.30. The molecule has 0 saturated carbocycles. The van der Waals surface area contributed by atoms with Crippen LogP contribution in [0.4, 0.5) is 0 Å². The number of halogens is 1. The standard InChI is InChI=1S/C16H23ClN4O/c1-20-7-6-18-16(20)19-12-15(21-8-10-22-11-9-21)13-4-2-3-5-14(13)17/h2-5,15H,6-12H2,1H3,(H,18,19). The fourth-order valence-corrected chi connectivity index (χ4v) is 3.24. The van der Waals surface area contributed by atoms with E-state index >= 15 is 0 Å². The molecule has 22 heavy (non-hydrogen) atoms. The molecule has 0 aromatic heterocycles. The lowest BCUT2D eigenvalue weighted by atomic mass is 10.0. The first kappa shape index (κ1) is 15.6. The number of guanidine groups is 1. The third kappa shape index (κ3) is 3.54. The fourth-order valence-electron chi connectivity index (χ4n) is 2.98. The van der Waals surface area contributed by atoms with Crippen molar-refractivity contribution in [3.05, 3.63) is 34.9 Å². The van der Waals surface area contributed by atoms with E-state index in [1.54, 1.807) is 0 Å². The first-order valence-electron chi connectivity index (χ1n) is 7.81. The Morgan fingerprint density at radius 1 is 1.27 bits per heavy atom. The van der Waals surface area contributed by atoms with E-state index in [2.05, 4.69) is 33.2 Å². The van der Waals surface area contributed by atoms with Crippen LogP contribution in [0.15, 0.2) is 29.3 Å². The second-order valence-corrected chi connectivity index (χ2v) is 6.10. The lowest BCUT2D eigenvalue weighted by Crippen LogP contribution is -2.45. The SMILES string of the molecule is CN1CCN=C1NCC(c1ccccc1Cl)N1CCOCC1. The van der Waals surface area contributed by atoms with Gasteiger partial charge in [0.1, 0.15) is 0 Å². The van der Waals surface area contributed by atoms with Crippen molar-refractivity contribution >= 4 is 17.6 Å². The van der Waals surface area contributed by atoms with Gasteiger partial charge in [-0.3, -0.25) is 9.89 Å². The molecule has 0 radical (unpaired) electrons. The quantitative estimate of drug-likeness (QED) is 0.914. The Morgan fingerprint density at radius 2 is 2.05 bits per heavy atom. The average molecular weight is 323 g/mol. The van der Waals surface area contributed by atoms with Crippen LogP contribution in [-0.4, -0.2) is 68.7 Å². The number of nitrogens with one attached hydrogen (secondary N) is 1. The summed E-state index contributed by atoms with van der Waals surface area (Å²) in [6, 6.07) is 8.33. The summed E-state index contributed by atoms with van der Waals surface area (Å²) < 4.78 is 5.48. The lowest BCUT2D eigenvalue weighted by Gasteiger charge is -2.35. The van der Waals surface area contributed by atoms with E-state index in [0.717, 1.165) is 56.9 Å². The number of hydrogen-bond acceptors (Lipinski definition) is 5. The predicted molar refractivity (Wildman–Crippen MR) is 89.5 cm³/mol. The van der Waals surface area contributed by atoms with Gasteiger partial charge in [-0.15, -0.1) is 0 Å². The maximum absolute atomic E-state index is 6.44. The molecule has 2 heterocycles. The molecular formula is C16H23ClN4O. The number of aliphatic imine (C=N–C) groups is 1. The summed E-state index contributed by atoms with van der Waals surface area (Å²) >= 11 is 6.44. The number of benzene rings is 1. The molecule has 1 atom stereocenters. The molecule has 5 nitrogen and oxygen atoms in total. The van der Waals surface area contributed by atoms with Crippen LogP contribution in [0.1, 0.15) is 11.6 Å². The Balaban J connectivity index is 1.75. The summed E-state index contributed by atoms with van der Waals surface area (Å²) in [6.45, 7) is 6.07. The third-order valence-corrected chi connectivity index (χ3v) is 4.61. The van der Waals surface area contributed by atoms with Gasteiger partial charge in [-0.2, -0.15) is 0 Å². The Kier molecular flexibility index (Phi) is 5.18. The number of likely N-dealkylation sites (N-methyl/N-ethyl adjacent to an activating group) is 1. The smallest absolute Gasteiger partial charge is 0.193 e. The van der Waals surface area contributed by atoms with Gasteiger partial charge in [-0.1, -0.05) is 29.8 Å². The van der Waals surface area contributed by atoms with Crippen LogP contribution in [0.25, 0.3) is 0 Å². The highest BCUT2D eigenvalue weighted by Gasteiger charge is 2.25. The van der Waals surface area contributed by atoms with E-state index in [1.165, 1.54) is 5.56 Å². The lowest BCUT2D eigenvalue weighted by molar-refractivity contribution is 0.0169. The van der Waals surface area contributed by atoms with Gasteiger partial charge in [0.05, 0.1) is 25.8 Å². The molecular weight excluding hydrogens is 300 g/mol. The van der Waals surface area contributed by atoms with Gasteiger partial charge in [0.2, 0.25) is 0 Å². The van der Waals surface area contributed by atoms with E-state index in [1.807, 2.05) is 18.2 Å². The zero-order chi connectivity index (χ0) is 15.4. The molecule has 1 unspecified atom stereocenters. The van der Waals surface area contributed by atoms with Gasteiger partial charge in [0, 0.05) is 38.2 Å². The molecule has 0 bridgehead atoms. The molecule has 1 aromatic carbocycles. The number of nitrogens with zero attached hydrogens (tertiary/aromatic N) is 3. The Bertz CT molecular complexity index is 531. The van der Waals surface area contributed by atoms with Crippen LogP contribution in [0, 0.1) is 0 Å². The zero-order valence-electron chi connectivity index (χ0n) is 13.0. The van der Waals surface area contributed by atoms with E-state index in [4.69, 9.17) is 16.3 Å². The largest absolute Gasteiger partial charge is 0.379 e. The van der Waals surface area contributed by atoms with Crippen LogP contribution >= 0.6 is 11.6 Å². The van der Waals surface area contributed by atoms with Crippen molar-refractivity contribution in [1.82, 2.24) is 15.1 Å². The number of hydrogen-bond donors (Lipinski definition) is 1. The van der Waals surface area contributed by atoms with Gasteiger partial charge in [-0.05, 0) is 11.6 Å². The molecule has 0 aliphatic carbocycles. The minimum absolute atomic E-state index is 0.231. The highest BCUT2D eigenvalue weighted by Crippen LogP contribution is 2.27. The normalized spacial score (nSPS) is 20.8. The number of ether oxygens (including phenoxy) is 1.